The summed E-state index contributed by atoms with van der Waals surface area (Å²) in [6.07, 6.45) is 1.60. The van der Waals surface area contributed by atoms with Crippen LogP contribution < -0.4 is 5.73 Å². The summed E-state index contributed by atoms with van der Waals surface area (Å²) in [6, 6.07) is 2.21. The molecule has 0 fully saturated rings. The molecule has 0 aliphatic carbocycles. The quantitative estimate of drug-likeness (QED) is 0.711. The number of pyridine rings is 1. The molecule has 0 aliphatic rings. The van der Waals surface area contributed by atoms with Crippen LogP contribution in [0.2, 0.25) is 0 Å². The number of aromatic carboxylic acids is 1. The van der Waals surface area contributed by atoms with E-state index in [9.17, 15) is 9.59 Å². The van der Waals surface area contributed by atoms with E-state index in [0.717, 1.165) is 0 Å². The van der Waals surface area contributed by atoms with Crippen LogP contribution in [-0.2, 0) is 16.0 Å². The first-order valence-corrected chi connectivity index (χ1v) is 5.15. The predicted molar refractivity (Wildman–Crippen MR) is 59.5 cm³/mol. The van der Waals surface area contributed by atoms with Crippen LogP contribution in [0.5, 0.6) is 0 Å². The first-order chi connectivity index (χ1) is 8.04. The first kappa shape index (κ1) is 13.1. The predicted octanol–water partition coefficient (Wildman–Crippen LogP) is 0.213. The maximum absolute atomic E-state index is 11.3. The molecule has 0 unspecified atom stereocenters. The maximum Gasteiger partial charge on any atom is 0.354 e. The highest BCUT2D eigenvalue weighted by Gasteiger charge is 2.16. The van der Waals surface area contributed by atoms with Gasteiger partial charge in [-0.25, -0.2) is 9.78 Å². The fourth-order valence-electron chi connectivity index (χ4n) is 1.30. The van der Waals surface area contributed by atoms with Gasteiger partial charge in [-0.1, -0.05) is 0 Å². The maximum atomic E-state index is 11.3. The number of carboxylic acids is 1. The lowest BCUT2D eigenvalue weighted by molar-refractivity contribution is -0.144. The molecular weight excluding hydrogens is 224 g/mol. The number of carbonyl (C=O) groups excluding carboxylic acids is 1. The van der Waals surface area contributed by atoms with Gasteiger partial charge in [0, 0.05) is 6.20 Å². The fraction of sp³-hybridized carbons (Fsp3) is 0.364. The number of esters is 1. The molecule has 1 aromatic rings. The van der Waals surface area contributed by atoms with Crippen LogP contribution in [0.1, 0.15) is 23.0 Å². The minimum absolute atomic E-state index is 0.0708. The third-order valence-corrected chi connectivity index (χ3v) is 2.09. The Labute approximate surface area is 98.4 Å². The molecule has 0 bridgehead atoms. The zero-order valence-electron chi connectivity index (χ0n) is 9.42. The van der Waals surface area contributed by atoms with Crippen molar-refractivity contribution in [1.29, 1.82) is 0 Å². The SMILES string of the molecule is CCOC(=O)[C@@H](N)Cc1ccnc(C(=O)O)c1. The average molecular weight is 238 g/mol. The van der Waals surface area contributed by atoms with Gasteiger partial charge in [-0.2, -0.15) is 0 Å². The van der Waals surface area contributed by atoms with Crippen LogP contribution >= 0.6 is 0 Å². The Hall–Kier alpha value is -1.95. The molecule has 0 aliphatic heterocycles. The monoisotopic (exact) mass is 238 g/mol. The lowest BCUT2D eigenvalue weighted by Gasteiger charge is -2.10. The largest absolute Gasteiger partial charge is 0.477 e. The van der Waals surface area contributed by atoms with Crippen LogP contribution in [-0.4, -0.2) is 34.7 Å². The molecule has 1 aromatic heterocycles. The summed E-state index contributed by atoms with van der Waals surface area (Å²) in [5.41, 5.74) is 6.19. The van der Waals surface area contributed by atoms with Crippen LogP contribution in [0, 0.1) is 0 Å². The number of hydrogen-bond donors (Lipinski definition) is 2. The fourth-order valence-corrected chi connectivity index (χ4v) is 1.30. The summed E-state index contributed by atoms with van der Waals surface area (Å²) in [5.74, 6) is -1.61. The van der Waals surface area contributed by atoms with Gasteiger partial charge < -0.3 is 15.6 Å². The zero-order valence-corrected chi connectivity index (χ0v) is 9.42. The zero-order chi connectivity index (χ0) is 12.8. The van der Waals surface area contributed by atoms with E-state index < -0.39 is 18.0 Å². The number of carboxylic acid groups (broad SMARTS) is 1. The van der Waals surface area contributed by atoms with E-state index in [1.165, 1.54) is 12.3 Å². The van der Waals surface area contributed by atoms with E-state index in [1.807, 2.05) is 0 Å². The molecule has 17 heavy (non-hydrogen) atoms. The molecule has 0 saturated heterocycles. The topological polar surface area (TPSA) is 103 Å². The molecule has 0 amide bonds. The minimum atomic E-state index is -1.11. The Morgan fingerprint density at radius 2 is 2.29 bits per heavy atom. The van der Waals surface area contributed by atoms with Crippen molar-refractivity contribution in [1.82, 2.24) is 4.98 Å². The Balaban J connectivity index is 2.71. The highest BCUT2D eigenvalue weighted by atomic mass is 16.5. The second kappa shape index (κ2) is 5.95. The lowest BCUT2D eigenvalue weighted by Crippen LogP contribution is -2.34. The molecule has 1 atom stereocenters. The number of ether oxygens (including phenoxy) is 1. The second-order valence-electron chi connectivity index (χ2n) is 3.42. The van der Waals surface area contributed by atoms with E-state index in [4.69, 9.17) is 15.6 Å². The summed E-state index contributed by atoms with van der Waals surface area (Å²) >= 11 is 0. The second-order valence-corrected chi connectivity index (χ2v) is 3.42. The summed E-state index contributed by atoms with van der Waals surface area (Å²) in [6.45, 7) is 1.96. The third kappa shape index (κ3) is 3.84. The van der Waals surface area contributed by atoms with Crippen LogP contribution in [0.4, 0.5) is 0 Å². The Morgan fingerprint density at radius 1 is 1.59 bits per heavy atom. The molecule has 6 nitrogen and oxygen atoms in total. The van der Waals surface area contributed by atoms with Crippen molar-refractivity contribution in [3.05, 3.63) is 29.6 Å². The van der Waals surface area contributed by atoms with Gasteiger partial charge in [0.1, 0.15) is 11.7 Å². The summed E-state index contributed by atoms with van der Waals surface area (Å²) in [7, 11) is 0. The van der Waals surface area contributed by atoms with Crippen molar-refractivity contribution in [2.45, 2.75) is 19.4 Å². The van der Waals surface area contributed by atoms with E-state index in [0.29, 0.717) is 5.56 Å². The van der Waals surface area contributed by atoms with E-state index >= 15 is 0 Å². The number of nitrogens with two attached hydrogens (primary N) is 1. The van der Waals surface area contributed by atoms with Crippen LogP contribution in [0.3, 0.4) is 0 Å². The highest BCUT2D eigenvalue weighted by molar-refractivity contribution is 5.85. The van der Waals surface area contributed by atoms with Crippen molar-refractivity contribution >= 4 is 11.9 Å². The number of hydrogen-bond acceptors (Lipinski definition) is 5. The molecule has 1 rings (SSSR count). The molecule has 92 valence electrons. The smallest absolute Gasteiger partial charge is 0.354 e. The molecule has 0 aromatic carbocycles. The van der Waals surface area contributed by atoms with Gasteiger partial charge in [0.2, 0.25) is 0 Å². The van der Waals surface area contributed by atoms with Crippen molar-refractivity contribution in [2.75, 3.05) is 6.61 Å². The molecular formula is C11H14N2O4. The number of rotatable bonds is 5. The molecule has 3 N–H and O–H groups in total. The molecule has 6 heteroatoms. The molecule has 1 heterocycles. The summed E-state index contributed by atoms with van der Waals surface area (Å²) in [4.78, 5) is 25.6. The van der Waals surface area contributed by atoms with Gasteiger partial charge in [0.25, 0.3) is 0 Å². The van der Waals surface area contributed by atoms with Gasteiger partial charge in [-0.3, -0.25) is 4.79 Å². The molecule has 0 radical (unpaired) electrons. The minimum Gasteiger partial charge on any atom is -0.477 e. The normalized spacial score (nSPS) is 11.9. The van der Waals surface area contributed by atoms with Gasteiger partial charge in [-0.05, 0) is 31.0 Å². The Kier molecular flexibility index (Phi) is 4.59. The van der Waals surface area contributed by atoms with Crippen LogP contribution in [0.25, 0.3) is 0 Å². The molecule has 0 spiro atoms. The van der Waals surface area contributed by atoms with Gasteiger partial charge >= 0.3 is 11.9 Å². The summed E-state index contributed by atoms with van der Waals surface area (Å²) < 4.78 is 4.76. The van der Waals surface area contributed by atoms with E-state index in [2.05, 4.69) is 4.98 Å². The van der Waals surface area contributed by atoms with Crippen LogP contribution in [0.15, 0.2) is 18.3 Å². The Bertz CT molecular complexity index is 420. The number of carbonyl (C=O) groups is 2. The van der Waals surface area contributed by atoms with Crippen molar-refractivity contribution < 1.29 is 19.4 Å². The van der Waals surface area contributed by atoms with Crippen molar-refractivity contribution in [3.63, 3.8) is 0 Å². The van der Waals surface area contributed by atoms with Gasteiger partial charge in [0.05, 0.1) is 6.61 Å². The van der Waals surface area contributed by atoms with E-state index in [-0.39, 0.29) is 18.7 Å². The van der Waals surface area contributed by atoms with Gasteiger partial charge in [-0.15, -0.1) is 0 Å². The third-order valence-electron chi connectivity index (χ3n) is 2.09. The standard InChI is InChI=1S/C11H14N2O4/c1-2-17-11(16)8(12)5-7-3-4-13-9(6-7)10(14)15/h3-4,6,8H,2,5,12H2,1H3,(H,14,15)/t8-/m0/s1. The molecule has 0 saturated carbocycles. The van der Waals surface area contributed by atoms with Crippen molar-refractivity contribution in [2.24, 2.45) is 5.73 Å². The number of nitrogens with zero attached hydrogens (tertiary/aromatic N) is 1. The van der Waals surface area contributed by atoms with Crippen molar-refractivity contribution in [3.8, 4) is 0 Å². The van der Waals surface area contributed by atoms with E-state index in [1.54, 1.807) is 13.0 Å². The summed E-state index contributed by atoms with van der Waals surface area (Å²) in [5, 5.41) is 8.75. The highest BCUT2D eigenvalue weighted by Crippen LogP contribution is 2.05. The average Bonchev–Trinajstić information content (AvgIpc) is 2.29. The van der Waals surface area contributed by atoms with Gasteiger partial charge in [0.15, 0.2) is 0 Å². The first-order valence-electron chi connectivity index (χ1n) is 5.15. The lowest BCUT2D eigenvalue weighted by atomic mass is 10.1. The Morgan fingerprint density at radius 3 is 2.88 bits per heavy atom. The number of aromatic nitrogens is 1.